The molecule has 4 N–H and O–H groups in total. The monoisotopic (exact) mass is 503 g/mol. The molecule has 0 fully saturated rings. The quantitative estimate of drug-likeness (QED) is 0.363. The second-order valence-corrected chi connectivity index (χ2v) is 8.71. The lowest BCUT2D eigenvalue weighted by atomic mass is 9.89. The number of alkyl halides is 2. The molecular formula is C24H21ClF3N5O2. The normalized spacial score (nSPS) is 13.6. The van der Waals surface area contributed by atoms with Crippen LogP contribution in [0, 0.1) is 12.7 Å². The molecule has 0 aliphatic rings. The Balaban J connectivity index is 1.60. The molecular weight excluding hydrogens is 483 g/mol. The van der Waals surface area contributed by atoms with E-state index in [0.717, 1.165) is 6.92 Å². The third-order valence-corrected chi connectivity index (χ3v) is 6.08. The lowest BCUT2D eigenvalue weighted by Crippen LogP contribution is -2.50. The predicted octanol–water partition coefficient (Wildman–Crippen LogP) is 4.35. The zero-order valence-electron chi connectivity index (χ0n) is 18.7. The van der Waals surface area contributed by atoms with Crippen molar-refractivity contribution in [1.82, 2.24) is 19.9 Å². The van der Waals surface area contributed by atoms with Crippen LogP contribution in [0.4, 0.5) is 19.1 Å². The van der Waals surface area contributed by atoms with E-state index in [1.165, 1.54) is 60.1 Å². The number of anilines is 1. The lowest BCUT2D eigenvalue weighted by molar-refractivity contribution is -0.173. The molecule has 0 aliphatic carbocycles. The van der Waals surface area contributed by atoms with E-state index in [-0.39, 0.29) is 28.2 Å². The standard InChI is InChI=1S/C24H21ClF3N5O2/c1-13-3-8-17(14-9-10-33-18(11-14)31-22(29)32-33)20(26)19(13)21(34)30-12-24(27,28)23(2,35)15-4-6-16(25)7-5-15/h3-11,35H,12H2,1-2H3,(H2,29,32)(H,30,34). The van der Waals surface area contributed by atoms with Crippen molar-refractivity contribution < 1.29 is 23.1 Å². The average Bonchev–Trinajstić information content (AvgIpc) is 3.17. The van der Waals surface area contributed by atoms with Crippen LogP contribution < -0.4 is 11.1 Å². The molecule has 4 aromatic rings. The van der Waals surface area contributed by atoms with E-state index in [1.54, 1.807) is 6.07 Å². The van der Waals surface area contributed by atoms with E-state index in [9.17, 15) is 18.7 Å². The number of aryl methyl sites for hydroxylation is 1. The van der Waals surface area contributed by atoms with E-state index >= 15 is 4.39 Å². The number of amides is 1. The molecule has 2 aromatic carbocycles. The molecule has 0 saturated heterocycles. The summed E-state index contributed by atoms with van der Waals surface area (Å²) in [5.41, 5.74) is 3.59. The topological polar surface area (TPSA) is 106 Å². The van der Waals surface area contributed by atoms with Crippen LogP contribution in [0.2, 0.25) is 5.02 Å². The number of benzene rings is 2. The van der Waals surface area contributed by atoms with Gasteiger partial charge in [0, 0.05) is 16.8 Å². The molecule has 2 heterocycles. The highest BCUT2D eigenvalue weighted by Crippen LogP contribution is 2.37. The number of rotatable bonds is 6. The molecule has 7 nitrogen and oxygen atoms in total. The van der Waals surface area contributed by atoms with Gasteiger partial charge in [-0.3, -0.25) is 4.79 Å². The molecule has 0 radical (unpaired) electrons. The minimum Gasteiger partial charge on any atom is -0.379 e. The molecule has 0 aliphatic heterocycles. The predicted molar refractivity (Wildman–Crippen MR) is 126 cm³/mol. The molecule has 0 saturated carbocycles. The first-order valence-corrected chi connectivity index (χ1v) is 10.8. The average molecular weight is 504 g/mol. The van der Waals surface area contributed by atoms with E-state index in [2.05, 4.69) is 15.4 Å². The van der Waals surface area contributed by atoms with E-state index < -0.39 is 29.8 Å². The first-order valence-electron chi connectivity index (χ1n) is 10.5. The van der Waals surface area contributed by atoms with E-state index in [4.69, 9.17) is 17.3 Å². The summed E-state index contributed by atoms with van der Waals surface area (Å²) in [6.07, 6.45) is 1.53. The fraction of sp³-hybridized carbons (Fsp3) is 0.208. The Labute approximate surface area is 203 Å². The van der Waals surface area contributed by atoms with Gasteiger partial charge in [0.25, 0.3) is 11.8 Å². The van der Waals surface area contributed by atoms with Crippen LogP contribution in [0.3, 0.4) is 0 Å². The Bertz CT molecular complexity index is 1420. The molecule has 0 bridgehead atoms. The summed E-state index contributed by atoms with van der Waals surface area (Å²) in [5.74, 6) is -5.66. The molecule has 1 unspecified atom stereocenters. The Morgan fingerprint density at radius 3 is 2.57 bits per heavy atom. The van der Waals surface area contributed by atoms with Crippen LogP contribution in [0.5, 0.6) is 0 Å². The van der Waals surface area contributed by atoms with Gasteiger partial charge in [0.05, 0.1) is 12.1 Å². The van der Waals surface area contributed by atoms with Gasteiger partial charge in [-0.2, -0.15) is 4.98 Å². The van der Waals surface area contributed by atoms with Crippen LogP contribution in [-0.4, -0.2) is 38.1 Å². The number of nitrogens with one attached hydrogen (secondary N) is 1. The summed E-state index contributed by atoms with van der Waals surface area (Å²) >= 11 is 5.79. The second kappa shape index (κ2) is 8.86. The molecule has 4 rings (SSSR count). The largest absolute Gasteiger partial charge is 0.379 e. The lowest BCUT2D eigenvalue weighted by Gasteiger charge is -2.33. The van der Waals surface area contributed by atoms with Crippen molar-refractivity contribution in [2.75, 3.05) is 12.3 Å². The maximum atomic E-state index is 15.5. The van der Waals surface area contributed by atoms with Crippen LogP contribution >= 0.6 is 11.6 Å². The van der Waals surface area contributed by atoms with Gasteiger partial charge in [0.2, 0.25) is 5.95 Å². The van der Waals surface area contributed by atoms with Crippen LogP contribution in [0.25, 0.3) is 16.8 Å². The third-order valence-electron chi connectivity index (χ3n) is 5.83. The zero-order chi connectivity index (χ0) is 25.5. The number of halogens is 4. The van der Waals surface area contributed by atoms with Gasteiger partial charge < -0.3 is 16.2 Å². The summed E-state index contributed by atoms with van der Waals surface area (Å²) in [5, 5.41) is 16.9. The number of nitrogens with two attached hydrogens (primary N) is 1. The number of hydrogen-bond donors (Lipinski definition) is 3. The van der Waals surface area contributed by atoms with Gasteiger partial charge in [-0.1, -0.05) is 35.9 Å². The molecule has 0 spiro atoms. The summed E-state index contributed by atoms with van der Waals surface area (Å²) in [6, 6.07) is 11.4. The summed E-state index contributed by atoms with van der Waals surface area (Å²) in [4.78, 5) is 16.8. The molecule has 35 heavy (non-hydrogen) atoms. The van der Waals surface area contributed by atoms with Crippen molar-refractivity contribution >= 4 is 29.1 Å². The minimum atomic E-state index is -3.78. The van der Waals surface area contributed by atoms with Gasteiger partial charge in [-0.15, -0.1) is 5.10 Å². The van der Waals surface area contributed by atoms with Gasteiger partial charge >= 0.3 is 0 Å². The number of nitrogen functional groups attached to an aromatic ring is 1. The molecule has 182 valence electrons. The number of pyridine rings is 1. The van der Waals surface area contributed by atoms with Gasteiger partial charge in [-0.25, -0.2) is 17.7 Å². The molecule has 1 amide bonds. The fourth-order valence-corrected chi connectivity index (χ4v) is 3.80. The molecule has 11 heteroatoms. The van der Waals surface area contributed by atoms with E-state index in [1.807, 2.05) is 0 Å². The number of fused-ring (bicyclic) bond motifs is 1. The Hall–Kier alpha value is -3.63. The van der Waals surface area contributed by atoms with Gasteiger partial charge in [0.1, 0.15) is 5.82 Å². The summed E-state index contributed by atoms with van der Waals surface area (Å²) in [7, 11) is 0. The second-order valence-electron chi connectivity index (χ2n) is 8.27. The summed E-state index contributed by atoms with van der Waals surface area (Å²) < 4.78 is 46.7. The first-order chi connectivity index (χ1) is 16.4. The SMILES string of the molecule is Cc1ccc(-c2ccn3nc(N)nc3c2)c(F)c1C(=O)NCC(F)(F)C(C)(O)c1ccc(Cl)cc1. The number of aliphatic hydroxyl groups is 1. The third kappa shape index (κ3) is 4.54. The van der Waals surface area contributed by atoms with Gasteiger partial charge in [0.15, 0.2) is 11.2 Å². The number of carbonyl (C=O) groups excluding carboxylic acids is 1. The van der Waals surface area contributed by atoms with Crippen molar-refractivity contribution in [3.05, 3.63) is 82.3 Å². The van der Waals surface area contributed by atoms with Crippen molar-refractivity contribution in [3.8, 4) is 11.1 Å². The van der Waals surface area contributed by atoms with Crippen LogP contribution in [0.15, 0.2) is 54.7 Å². The fourth-order valence-electron chi connectivity index (χ4n) is 3.68. The van der Waals surface area contributed by atoms with E-state index in [0.29, 0.717) is 16.2 Å². The number of hydrogen-bond acceptors (Lipinski definition) is 5. The Morgan fingerprint density at radius 2 is 1.89 bits per heavy atom. The van der Waals surface area contributed by atoms with Crippen LogP contribution in [0.1, 0.15) is 28.4 Å². The minimum absolute atomic E-state index is 0.0435. The Kier molecular flexibility index (Phi) is 6.20. The molecule has 2 aromatic heterocycles. The summed E-state index contributed by atoms with van der Waals surface area (Å²) in [6.45, 7) is 1.20. The smallest absolute Gasteiger partial charge is 0.296 e. The highest BCUT2D eigenvalue weighted by molar-refractivity contribution is 6.30. The van der Waals surface area contributed by atoms with Crippen molar-refractivity contribution in [1.29, 1.82) is 0 Å². The maximum Gasteiger partial charge on any atom is 0.296 e. The van der Waals surface area contributed by atoms with Crippen molar-refractivity contribution in [2.45, 2.75) is 25.4 Å². The van der Waals surface area contributed by atoms with Crippen LogP contribution in [-0.2, 0) is 5.60 Å². The Morgan fingerprint density at radius 1 is 1.20 bits per heavy atom. The van der Waals surface area contributed by atoms with Gasteiger partial charge in [-0.05, 0) is 54.8 Å². The first kappa shape index (κ1) is 24.5. The number of carbonyl (C=O) groups is 1. The number of nitrogens with zero attached hydrogens (tertiary/aromatic N) is 3. The van der Waals surface area contributed by atoms with Crippen molar-refractivity contribution in [2.24, 2.45) is 0 Å². The van der Waals surface area contributed by atoms with Crippen molar-refractivity contribution in [3.63, 3.8) is 0 Å². The molecule has 1 atom stereocenters. The number of aromatic nitrogens is 3. The highest BCUT2D eigenvalue weighted by Gasteiger charge is 2.50. The highest BCUT2D eigenvalue weighted by atomic mass is 35.5. The maximum absolute atomic E-state index is 15.5. The zero-order valence-corrected chi connectivity index (χ0v) is 19.4.